The first kappa shape index (κ1) is 22.2. The van der Waals surface area contributed by atoms with Crippen LogP contribution in [-0.4, -0.2) is 73.6 Å². The fourth-order valence-electron chi connectivity index (χ4n) is 3.62. The first-order valence-electron chi connectivity index (χ1n) is 10.4. The second-order valence-electron chi connectivity index (χ2n) is 7.36. The average Bonchev–Trinajstić information content (AvgIpc) is 3.29. The minimum Gasteiger partial charge on any atom is -0.493 e. The van der Waals surface area contributed by atoms with Crippen molar-refractivity contribution in [3.63, 3.8) is 0 Å². The van der Waals surface area contributed by atoms with Gasteiger partial charge >= 0.3 is 6.03 Å². The van der Waals surface area contributed by atoms with Crippen molar-refractivity contribution in [3.05, 3.63) is 36.4 Å². The average molecular weight is 454 g/mol. The van der Waals surface area contributed by atoms with E-state index in [4.69, 9.17) is 18.7 Å². The van der Waals surface area contributed by atoms with Gasteiger partial charge in [-0.15, -0.1) is 0 Å². The zero-order valence-corrected chi connectivity index (χ0v) is 19.0. The number of hydrogen-bond acceptors (Lipinski definition) is 9. The highest BCUT2D eigenvalue weighted by molar-refractivity contribution is 5.90. The molecule has 1 fully saturated rings. The van der Waals surface area contributed by atoms with Gasteiger partial charge in [0.05, 0.1) is 27.0 Å². The Labute approximate surface area is 191 Å². The van der Waals surface area contributed by atoms with Crippen LogP contribution in [0.4, 0.5) is 16.3 Å². The molecule has 11 nitrogen and oxygen atoms in total. The second kappa shape index (κ2) is 9.63. The Morgan fingerprint density at radius 3 is 2.24 bits per heavy atom. The van der Waals surface area contributed by atoms with Gasteiger partial charge in [0.2, 0.25) is 17.5 Å². The van der Waals surface area contributed by atoms with E-state index in [0.29, 0.717) is 60.8 Å². The van der Waals surface area contributed by atoms with Crippen molar-refractivity contribution in [2.45, 2.75) is 6.92 Å². The van der Waals surface area contributed by atoms with Crippen molar-refractivity contribution in [3.8, 4) is 28.6 Å². The Morgan fingerprint density at radius 1 is 1.03 bits per heavy atom. The second-order valence-corrected chi connectivity index (χ2v) is 7.36. The van der Waals surface area contributed by atoms with Crippen molar-refractivity contribution >= 4 is 17.5 Å². The fraction of sp³-hybridized carbons (Fsp3) is 0.364. The summed E-state index contributed by atoms with van der Waals surface area (Å²) in [5.41, 5.74) is 1.35. The number of anilines is 2. The molecule has 11 heteroatoms. The molecular formula is C22H26N6O5. The number of nitrogens with zero attached hydrogens (tertiary/aromatic N) is 5. The third-order valence-electron chi connectivity index (χ3n) is 5.34. The Kier molecular flexibility index (Phi) is 6.48. The molecule has 0 saturated carbocycles. The van der Waals surface area contributed by atoms with Crippen LogP contribution in [-0.2, 0) is 0 Å². The van der Waals surface area contributed by atoms with Crippen LogP contribution in [0.2, 0.25) is 0 Å². The third-order valence-corrected chi connectivity index (χ3v) is 5.34. The fourth-order valence-corrected chi connectivity index (χ4v) is 3.62. The van der Waals surface area contributed by atoms with Gasteiger partial charge in [0, 0.05) is 57.0 Å². The number of pyridine rings is 1. The molecule has 1 aliphatic heterocycles. The van der Waals surface area contributed by atoms with Gasteiger partial charge < -0.3 is 33.9 Å². The van der Waals surface area contributed by atoms with E-state index >= 15 is 0 Å². The Morgan fingerprint density at radius 2 is 1.73 bits per heavy atom. The van der Waals surface area contributed by atoms with Crippen LogP contribution < -0.4 is 24.4 Å². The molecule has 2 aromatic heterocycles. The summed E-state index contributed by atoms with van der Waals surface area (Å²) in [6, 6.07) is 7.04. The van der Waals surface area contributed by atoms with Gasteiger partial charge in [0.15, 0.2) is 11.5 Å². The van der Waals surface area contributed by atoms with E-state index in [1.807, 2.05) is 12.1 Å². The maximum atomic E-state index is 12.8. The first-order valence-corrected chi connectivity index (χ1v) is 10.4. The van der Waals surface area contributed by atoms with E-state index in [9.17, 15) is 4.79 Å². The number of carbonyl (C=O) groups excluding carboxylic acids is 1. The van der Waals surface area contributed by atoms with Crippen molar-refractivity contribution < 1.29 is 23.5 Å². The smallest absolute Gasteiger partial charge is 0.321 e. The molecule has 0 bridgehead atoms. The number of benzene rings is 1. The number of carbonyl (C=O) groups is 1. The molecule has 0 aliphatic carbocycles. The van der Waals surface area contributed by atoms with Gasteiger partial charge in [0.25, 0.3) is 0 Å². The number of rotatable bonds is 6. The molecule has 2 amide bonds. The number of piperazine rings is 1. The summed E-state index contributed by atoms with van der Waals surface area (Å²) in [7, 11) is 4.60. The number of methoxy groups -OCH3 is 3. The SMILES string of the molecule is COc1cc(NC(=O)N2CCN(c3ccc(-c4noc(C)n4)cn3)CC2)cc(OC)c1OC. The minimum atomic E-state index is -0.195. The molecule has 1 aromatic carbocycles. The molecule has 174 valence electrons. The summed E-state index contributed by atoms with van der Waals surface area (Å²) in [5.74, 6) is 3.28. The maximum Gasteiger partial charge on any atom is 0.321 e. The molecule has 0 spiro atoms. The Balaban J connectivity index is 1.36. The van der Waals surface area contributed by atoms with Gasteiger partial charge in [-0.05, 0) is 12.1 Å². The van der Waals surface area contributed by atoms with E-state index in [2.05, 4.69) is 25.3 Å². The Bertz CT molecular complexity index is 1080. The zero-order chi connectivity index (χ0) is 23.4. The topological polar surface area (TPSA) is 115 Å². The largest absolute Gasteiger partial charge is 0.493 e. The lowest BCUT2D eigenvalue weighted by atomic mass is 10.2. The van der Waals surface area contributed by atoms with Crippen LogP contribution in [0.1, 0.15) is 5.89 Å². The van der Waals surface area contributed by atoms with E-state index < -0.39 is 0 Å². The monoisotopic (exact) mass is 454 g/mol. The molecule has 1 aliphatic rings. The molecule has 4 rings (SSSR count). The highest BCUT2D eigenvalue weighted by atomic mass is 16.5. The predicted molar refractivity (Wildman–Crippen MR) is 121 cm³/mol. The van der Waals surface area contributed by atoms with Crippen LogP contribution in [0.5, 0.6) is 17.2 Å². The van der Waals surface area contributed by atoms with Gasteiger partial charge in [-0.1, -0.05) is 5.16 Å². The van der Waals surface area contributed by atoms with Crippen molar-refractivity contribution in [2.75, 3.05) is 57.7 Å². The number of nitrogens with one attached hydrogen (secondary N) is 1. The lowest BCUT2D eigenvalue weighted by molar-refractivity contribution is 0.208. The van der Waals surface area contributed by atoms with Crippen LogP contribution in [0.15, 0.2) is 35.0 Å². The zero-order valence-electron chi connectivity index (χ0n) is 19.0. The normalized spacial score (nSPS) is 13.6. The van der Waals surface area contributed by atoms with Gasteiger partial charge in [-0.25, -0.2) is 9.78 Å². The van der Waals surface area contributed by atoms with E-state index in [1.165, 1.54) is 21.3 Å². The highest BCUT2D eigenvalue weighted by Crippen LogP contribution is 2.40. The van der Waals surface area contributed by atoms with Gasteiger partial charge in [-0.3, -0.25) is 0 Å². The van der Waals surface area contributed by atoms with Crippen molar-refractivity contribution in [2.24, 2.45) is 0 Å². The molecule has 1 N–H and O–H groups in total. The number of urea groups is 1. The van der Waals surface area contributed by atoms with Crippen molar-refractivity contribution in [1.29, 1.82) is 0 Å². The van der Waals surface area contributed by atoms with E-state index in [0.717, 1.165) is 11.4 Å². The highest BCUT2D eigenvalue weighted by Gasteiger charge is 2.23. The lowest BCUT2D eigenvalue weighted by Crippen LogP contribution is -2.50. The van der Waals surface area contributed by atoms with Gasteiger partial charge in [0.1, 0.15) is 5.82 Å². The first-order chi connectivity index (χ1) is 16.0. The summed E-state index contributed by atoms with van der Waals surface area (Å²) in [5, 5.41) is 6.82. The summed E-state index contributed by atoms with van der Waals surface area (Å²) >= 11 is 0. The number of hydrogen-bond donors (Lipinski definition) is 1. The van der Waals surface area contributed by atoms with E-state index in [-0.39, 0.29) is 6.03 Å². The molecule has 0 unspecified atom stereocenters. The number of amides is 2. The minimum absolute atomic E-state index is 0.195. The standard InChI is InChI=1S/C22H26N6O5/c1-14-24-21(26-33-14)15-5-6-19(23-13-15)27-7-9-28(10-8-27)22(29)25-16-11-17(30-2)20(32-4)18(12-16)31-3/h5-6,11-13H,7-10H2,1-4H3,(H,25,29). The summed E-state index contributed by atoms with van der Waals surface area (Å²) in [6.07, 6.45) is 1.73. The molecule has 0 radical (unpaired) electrons. The molecule has 1 saturated heterocycles. The van der Waals surface area contributed by atoms with Crippen molar-refractivity contribution in [1.82, 2.24) is 20.0 Å². The summed E-state index contributed by atoms with van der Waals surface area (Å²) in [4.78, 5) is 25.4. The number of aromatic nitrogens is 3. The van der Waals surface area contributed by atoms with Crippen LogP contribution in [0.3, 0.4) is 0 Å². The van der Waals surface area contributed by atoms with E-state index in [1.54, 1.807) is 30.2 Å². The lowest BCUT2D eigenvalue weighted by Gasteiger charge is -2.35. The number of ether oxygens (including phenoxy) is 3. The van der Waals surface area contributed by atoms with Crippen LogP contribution >= 0.6 is 0 Å². The maximum absolute atomic E-state index is 12.8. The molecule has 33 heavy (non-hydrogen) atoms. The van der Waals surface area contributed by atoms with Crippen LogP contribution in [0.25, 0.3) is 11.4 Å². The predicted octanol–water partition coefficient (Wildman–Crippen LogP) is 2.82. The van der Waals surface area contributed by atoms with Gasteiger partial charge in [-0.2, -0.15) is 4.98 Å². The third kappa shape index (κ3) is 4.76. The summed E-state index contributed by atoms with van der Waals surface area (Å²) in [6.45, 7) is 4.19. The molecular weight excluding hydrogens is 428 g/mol. The summed E-state index contributed by atoms with van der Waals surface area (Å²) < 4.78 is 21.0. The molecule has 3 aromatic rings. The molecule has 0 atom stereocenters. The molecule has 3 heterocycles. The van der Waals surface area contributed by atoms with Crippen LogP contribution in [0, 0.1) is 6.92 Å². The quantitative estimate of drug-likeness (QED) is 0.600. The number of aryl methyl sites for hydroxylation is 1. The Hall–Kier alpha value is -4.02.